The van der Waals surface area contributed by atoms with Crippen LogP contribution in [0.25, 0.3) is 0 Å². The zero-order valence-electron chi connectivity index (χ0n) is 25.7. The predicted molar refractivity (Wildman–Crippen MR) is 164 cm³/mol. The Balaban J connectivity index is 2.55. The number of hydrogen-bond donors (Lipinski definition) is 15. The number of aliphatic hydroxyl groups excluding tert-OH is 3. The molecular formula is C25H43N13O10. The van der Waals surface area contributed by atoms with E-state index in [1.54, 1.807) is 0 Å². The lowest BCUT2D eigenvalue weighted by molar-refractivity contribution is -0.135. The zero-order chi connectivity index (χ0) is 36.0. The van der Waals surface area contributed by atoms with Crippen molar-refractivity contribution in [1.82, 2.24) is 42.5 Å². The van der Waals surface area contributed by atoms with E-state index in [9.17, 15) is 48.9 Å². The van der Waals surface area contributed by atoms with Crippen molar-refractivity contribution in [2.45, 2.75) is 68.2 Å². The van der Waals surface area contributed by atoms with Crippen LogP contribution in [-0.2, 0) is 28.8 Å². The fourth-order valence-electron chi connectivity index (χ4n) is 4.44. The first-order valence-corrected chi connectivity index (χ1v) is 14.7. The number of amides is 8. The second kappa shape index (κ2) is 18.9. The topological polar surface area (TPSA) is 393 Å². The molecule has 0 aromatic carbocycles. The highest BCUT2D eigenvalue weighted by atomic mass is 16.3. The van der Waals surface area contributed by atoms with Gasteiger partial charge >= 0.3 is 6.03 Å². The molecule has 19 N–H and O–H groups in total. The summed E-state index contributed by atoms with van der Waals surface area (Å²) < 4.78 is 0. The molecule has 0 aliphatic carbocycles. The normalized spacial score (nSPS) is 27.6. The molecule has 2 aliphatic rings. The Labute approximate surface area is 273 Å². The van der Waals surface area contributed by atoms with Crippen LogP contribution < -0.4 is 65.5 Å². The van der Waals surface area contributed by atoms with Gasteiger partial charge in [-0.2, -0.15) is 0 Å². The van der Waals surface area contributed by atoms with Crippen LogP contribution in [0.4, 0.5) is 4.79 Å². The summed E-state index contributed by atoms with van der Waals surface area (Å²) >= 11 is 0. The Morgan fingerprint density at radius 1 is 0.979 bits per heavy atom. The maximum Gasteiger partial charge on any atom is 0.316 e. The van der Waals surface area contributed by atoms with Gasteiger partial charge in [0.05, 0.1) is 19.3 Å². The first-order chi connectivity index (χ1) is 22.7. The van der Waals surface area contributed by atoms with Crippen molar-refractivity contribution < 1.29 is 48.9 Å². The number of carbonyl (C=O) groups excluding carboxylic acids is 7. The van der Waals surface area contributed by atoms with E-state index in [1.165, 1.54) is 0 Å². The maximum absolute atomic E-state index is 13.6. The lowest BCUT2D eigenvalue weighted by atomic mass is 10.0. The third-order valence-corrected chi connectivity index (χ3v) is 6.89. The Kier molecular flexibility index (Phi) is 15.4. The molecule has 7 atom stereocenters. The third kappa shape index (κ3) is 12.3. The first-order valence-electron chi connectivity index (χ1n) is 14.7. The van der Waals surface area contributed by atoms with Crippen molar-refractivity contribution >= 4 is 47.4 Å². The van der Waals surface area contributed by atoms with Crippen LogP contribution in [-0.4, -0.2) is 132 Å². The maximum atomic E-state index is 13.6. The van der Waals surface area contributed by atoms with Crippen molar-refractivity contribution in [2.24, 2.45) is 27.9 Å². The number of urea groups is 1. The lowest BCUT2D eigenvalue weighted by Crippen LogP contribution is -2.63. The molecule has 0 spiro atoms. The molecule has 23 heteroatoms. The SMILES string of the molecule is NCCC[C@H](N)CC(=O)N[C@H]1CNC(=O)[C@@H]([C@@H]2C[C@H](O)NC(N)=N2)NC(=O)/C(=C/NC(N)=O)NC(=O)[C@H](CO)NC(=O)[C@H](CO)NC1=O. The summed E-state index contributed by atoms with van der Waals surface area (Å²) in [4.78, 5) is 94.3. The van der Waals surface area contributed by atoms with E-state index in [1.807, 2.05) is 5.32 Å². The molecule has 8 amide bonds. The van der Waals surface area contributed by atoms with Crippen molar-refractivity contribution in [3.8, 4) is 0 Å². The van der Waals surface area contributed by atoms with Crippen LogP contribution in [0.5, 0.6) is 0 Å². The highest BCUT2D eigenvalue weighted by molar-refractivity contribution is 6.02. The van der Waals surface area contributed by atoms with Gasteiger partial charge in [-0.3, -0.25) is 28.8 Å². The number of guanidine groups is 1. The lowest BCUT2D eigenvalue weighted by Gasteiger charge is -2.31. The molecule has 0 saturated carbocycles. The van der Waals surface area contributed by atoms with E-state index in [-0.39, 0.29) is 18.8 Å². The van der Waals surface area contributed by atoms with E-state index in [0.717, 1.165) is 0 Å². The number of nitrogens with zero attached hydrogens (tertiary/aromatic N) is 1. The number of rotatable bonds is 10. The average molecular weight is 686 g/mol. The largest absolute Gasteiger partial charge is 0.394 e. The number of aliphatic hydroxyl groups is 3. The Morgan fingerprint density at radius 2 is 1.62 bits per heavy atom. The third-order valence-electron chi connectivity index (χ3n) is 6.89. The predicted octanol–water partition coefficient (Wildman–Crippen LogP) is -8.88. The molecule has 2 heterocycles. The van der Waals surface area contributed by atoms with Gasteiger partial charge in [0.15, 0.2) is 5.96 Å². The zero-order valence-corrected chi connectivity index (χ0v) is 25.7. The minimum Gasteiger partial charge on any atom is -0.394 e. The summed E-state index contributed by atoms with van der Waals surface area (Å²) in [5, 5.41) is 47.7. The smallest absolute Gasteiger partial charge is 0.316 e. The number of hydrogen-bond acceptors (Lipinski definition) is 15. The fourth-order valence-corrected chi connectivity index (χ4v) is 4.44. The molecule has 268 valence electrons. The molecule has 2 aliphatic heterocycles. The first kappa shape index (κ1) is 39.1. The van der Waals surface area contributed by atoms with Gasteiger partial charge in [0.25, 0.3) is 5.91 Å². The van der Waals surface area contributed by atoms with Gasteiger partial charge in [-0.05, 0) is 19.4 Å². The molecule has 1 saturated heterocycles. The van der Waals surface area contributed by atoms with E-state index >= 15 is 0 Å². The van der Waals surface area contributed by atoms with E-state index < -0.39 is 109 Å². The van der Waals surface area contributed by atoms with Crippen molar-refractivity contribution in [3.05, 3.63) is 11.9 Å². The number of nitrogens with two attached hydrogens (primary N) is 4. The molecule has 48 heavy (non-hydrogen) atoms. The Morgan fingerprint density at radius 3 is 2.23 bits per heavy atom. The molecule has 1 fully saturated rings. The van der Waals surface area contributed by atoms with Crippen LogP contribution in [0.2, 0.25) is 0 Å². The van der Waals surface area contributed by atoms with Gasteiger partial charge in [0.2, 0.25) is 29.5 Å². The number of primary amides is 1. The Hall–Kier alpha value is -5.10. The molecular weight excluding hydrogens is 642 g/mol. The summed E-state index contributed by atoms with van der Waals surface area (Å²) in [5.41, 5.74) is 21.5. The van der Waals surface area contributed by atoms with E-state index in [2.05, 4.69) is 42.2 Å². The molecule has 2 rings (SSSR count). The van der Waals surface area contributed by atoms with Crippen LogP contribution in [0.15, 0.2) is 16.9 Å². The second-order valence-corrected chi connectivity index (χ2v) is 10.7. The number of carbonyl (C=O) groups is 7. The summed E-state index contributed by atoms with van der Waals surface area (Å²) in [6, 6.07) is -9.80. The Bertz CT molecular complexity index is 1280. The van der Waals surface area contributed by atoms with Gasteiger partial charge in [-0.1, -0.05) is 0 Å². The molecule has 0 aromatic heterocycles. The number of nitrogens with one attached hydrogen (secondary N) is 8. The van der Waals surface area contributed by atoms with Crippen LogP contribution in [0.3, 0.4) is 0 Å². The van der Waals surface area contributed by atoms with Crippen molar-refractivity contribution in [3.63, 3.8) is 0 Å². The van der Waals surface area contributed by atoms with Crippen LogP contribution >= 0.6 is 0 Å². The fraction of sp³-hybridized carbons (Fsp3) is 0.600. The van der Waals surface area contributed by atoms with Crippen LogP contribution in [0, 0.1) is 0 Å². The van der Waals surface area contributed by atoms with Gasteiger partial charge in [-0.15, -0.1) is 0 Å². The average Bonchev–Trinajstić information content (AvgIpc) is 3.02. The minimum atomic E-state index is -1.78. The van der Waals surface area contributed by atoms with E-state index in [4.69, 9.17) is 22.9 Å². The summed E-state index contributed by atoms with van der Waals surface area (Å²) in [6.07, 6.45) is -0.253. The van der Waals surface area contributed by atoms with E-state index in [0.29, 0.717) is 25.6 Å². The highest BCUT2D eigenvalue weighted by Gasteiger charge is 2.37. The molecule has 0 aromatic rings. The minimum absolute atomic E-state index is 0.247. The molecule has 0 bridgehead atoms. The second-order valence-electron chi connectivity index (χ2n) is 10.7. The molecule has 0 radical (unpaired) electrons. The van der Waals surface area contributed by atoms with Gasteiger partial charge in [-0.25, -0.2) is 9.79 Å². The van der Waals surface area contributed by atoms with Gasteiger partial charge < -0.3 is 80.8 Å². The molecule has 23 nitrogen and oxygen atoms in total. The van der Waals surface area contributed by atoms with Gasteiger partial charge in [0, 0.05) is 31.6 Å². The monoisotopic (exact) mass is 685 g/mol. The molecule has 0 unspecified atom stereocenters. The summed E-state index contributed by atoms with van der Waals surface area (Å²) in [6.45, 7) is -2.37. The van der Waals surface area contributed by atoms with Crippen LogP contribution in [0.1, 0.15) is 25.7 Å². The quantitative estimate of drug-likeness (QED) is 0.0950. The summed E-state index contributed by atoms with van der Waals surface area (Å²) in [7, 11) is 0. The summed E-state index contributed by atoms with van der Waals surface area (Å²) in [5.74, 6) is -6.69. The number of aliphatic imine (C=N–C) groups is 1. The van der Waals surface area contributed by atoms with Crippen molar-refractivity contribution in [2.75, 3.05) is 26.3 Å². The highest BCUT2D eigenvalue weighted by Crippen LogP contribution is 2.12. The van der Waals surface area contributed by atoms with Gasteiger partial charge in [0.1, 0.15) is 36.1 Å². The standard InChI is InChI=1S/C25H43N13O10/c26-3-1-2-10(27)4-16(41)32-12-6-30-23(47)18(11-5-17(42)37-24(28)36-11)38-20(44)13(7-31-25(29)48)33-21(45)14(8-39)35-22(46)15(9-40)34-19(12)43/h7,10-12,14-15,17-18,39-40,42H,1-6,8-9,26-27H2,(H,30,47)(H,32,41)(H,33,45)(H,34,43)(H,35,46)(H,38,44)(H3,28,36,37)(H3,29,31,48)/b13-7-/t10-,11-,12-,14-,15-,17-,18+/m0/s1. The van der Waals surface area contributed by atoms with Crippen molar-refractivity contribution in [1.29, 1.82) is 0 Å².